The number of benzene rings is 2. The average Bonchev–Trinajstić information content (AvgIpc) is 3.40. The molecule has 2 aromatic heterocycles. The molecule has 0 unspecified atom stereocenters. The minimum Gasteiger partial charge on any atom is -0.435 e. The minimum absolute atomic E-state index is 0.0446. The van der Waals surface area contributed by atoms with Gasteiger partial charge in [-0.15, -0.1) is 10.2 Å². The maximum absolute atomic E-state index is 13.7. The Hall–Kier alpha value is -3.54. The standard InChI is InChI=1S/C21H19F3N6O2S/c1-12-4-5-14(11-16(12)22)18-26-17(32-29-18)3-2-10-33-21-28-27-19(30(21)25)13-6-8-15(9-7-13)31-20(23)24/h4-9,11,20H,2-3,10,25H2,1H3. The molecule has 4 aromatic rings. The van der Waals surface area contributed by atoms with Gasteiger partial charge in [0.15, 0.2) is 5.82 Å². The Labute approximate surface area is 190 Å². The predicted molar refractivity (Wildman–Crippen MR) is 116 cm³/mol. The fraction of sp³-hybridized carbons (Fsp3) is 0.238. The van der Waals surface area contributed by atoms with Gasteiger partial charge in [0.2, 0.25) is 16.9 Å². The van der Waals surface area contributed by atoms with Crippen LogP contribution < -0.4 is 10.6 Å². The van der Waals surface area contributed by atoms with Crippen molar-refractivity contribution in [1.82, 2.24) is 25.0 Å². The van der Waals surface area contributed by atoms with Crippen LogP contribution in [0.15, 0.2) is 52.1 Å². The van der Waals surface area contributed by atoms with E-state index >= 15 is 0 Å². The molecule has 0 fully saturated rings. The monoisotopic (exact) mass is 476 g/mol. The van der Waals surface area contributed by atoms with Crippen molar-refractivity contribution in [2.24, 2.45) is 0 Å². The zero-order valence-corrected chi connectivity index (χ0v) is 18.2. The lowest BCUT2D eigenvalue weighted by Crippen LogP contribution is -2.11. The lowest BCUT2D eigenvalue weighted by molar-refractivity contribution is -0.0498. The van der Waals surface area contributed by atoms with E-state index in [-0.39, 0.29) is 11.6 Å². The van der Waals surface area contributed by atoms with Crippen LogP contribution in [-0.2, 0) is 6.42 Å². The van der Waals surface area contributed by atoms with Crippen LogP contribution in [0, 0.1) is 12.7 Å². The second-order valence-electron chi connectivity index (χ2n) is 7.01. The third-order valence-electron chi connectivity index (χ3n) is 4.67. The molecule has 0 bridgehead atoms. The van der Waals surface area contributed by atoms with Gasteiger partial charge in [0.05, 0.1) is 0 Å². The van der Waals surface area contributed by atoms with Crippen molar-refractivity contribution in [2.45, 2.75) is 31.5 Å². The molecule has 0 saturated carbocycles. The highest BCUT2D eigenvalue weighted by atomic mass is 32.2. The van der Waals surface area contributed by atoms with E-state index in [1.165, 1.54) is 34.6 Å². The molecule has 172 valence electrons. The van der Waals surface area contributed by atoms with E-state index < -0.39 is 6.61 Å². The number of hydrogen-bond acceptors (Lipinski definition) is 8. The summed E-state index contributed by atoms with van der Waals surface area (Å²) in [6.45, 7) is -1.20. The Morgan fingerprint density at radius 1 is 1.12 bits per heavy atom. The smallest absolute Gasteiger partial charge is 0.387 e. The predicted octanol–water partition coefficient (Wildman–Crippen LogP) is 4.48. The maximum Gasteiger partial charge on any atom is 0.387 e. The Morgan fingerprint density at radius 2 is 1.88 bits per heavy atom. The van der Waals surface area contributed by atoms with Crippen molar-refractivity contribution >= 4 is 11.8 Å². The summed E-state index contributed by atoms with van der Waals surface area (Å²) in [5.41, 5.74) is 1.72. The Morgan fingerprint density at radius 3 is 2.61 bits per heavy atom. The number of nitrogen functional groups attached to an aromatic ring is 1. The first-order chi connectivity index (χ1) is 15.9. The van der Waals surface area contributed by atoms with Crippen molar-refractivity contribution in [1.29, 1.82) is 0 Å². The Kier molecular flexibility index (Phi) is 6.82. The molecule has 0 saturated heterocycles. The fourth-order valence-corrected chi connectivity index (χ4v) is 3.75. The molecule has 4 rings (SSSR count). The number of rotatable bonds is 9. The highest BCUT2D eigenvalue weighted by Crippen LogP contribution is 2.25. The van der Waals surface area contributed by atoms with E-state index in [4.69, 9.17) is 10.4 Å². The number of nitrogens with two attached hydrogens (primary N) is 1. The number of thioether (sulfide) groups is 1. The van der Waals surface area contributed by atoms with Crippen LogP contribution in [0.3, 0.4) is 0 Å². The second kappa shape index (κ2) is 9.94. The van der Waals surface area contributed by atoms with Gasteiger partial charge in [0, 0.05) is 23.3 Å². The number of alkyl halides is 2. The number of ether oxygens (including phenoxy) is 1. The van der Waals surface area contributed by atoms with Crippen LogP contribution >= 0.6 is 11.8 Å². The van der Waals surface area contributed by atoms with Gasteiger partial charge in [-0.1, -0.05) is 29.1 Å². The van der Waals surface area contributed by atoms with Crippen LogP contribution in [0.2, 0.25) is 0 Å². The first kappa shape index (κ1) is 22.6. The summed E-state index contributed by atoms with van der Waals surface area (Å²) in [6.07, 6.45) is 1.24. The molecule has 8 nitrogen and oxygen atoms in total. The van der Waals surface area contributed by atoms with Gasteiger partial charge in [-0.25, -0.2) is 9.07 Å². The minimum atomic E-state index is -2.89. The van der Waals surface area contributed by atoms with Gasteiger partial charge in [-0.3, -0.25) is 0 Å². The van der Waals surface area contributed by atoms with Gasteiger partial charge in [0.25, 0.3) is 0 Å². The topological polar surface area (TPSA) is 105 Å². The fourth-order valence-electron chi connectivity index (χ4n) is 2.95. The van der Waals surface area contributed by atoms with Gasteiger partial charge >= 0.3 is 6.61 Å². The van der Waals surface area contributed by atoms with Gasteiger partial charge in [-0.05, 0) is 49.2 Å². The quantitative estimate of drug-likeness (QED) is 0.214. The van der Waals surface area contributed by atoms with Crippen LogP contribution in [0.5, 0.6) is 5.75 Å². The molecule has 12 heteroatoms. The number of aryl methyl sites for hydroxylation is 2. The van der Waals surface area contributed by atoms with Crippen molar-refractivity contribution in [2.75, 3.05) is 11.6 Å². The number of hydrogen-bond donors (Lipinski definition) is 1. The van der Waals surface area contributed by atoms with Crippen molar-refractivity contribution in [3.05, 3.63) is 59.7 Å². The molecule has 2 aromatic carbocycles. The number of nitrogens with zero attached hydrogens (tertiary/aromatic N) is 5. The van der Waals surface area contributed by atoms with E-state index in [2.05, 4.69) is 25.1 Å². The summed E-state index contributed by atoms with van der Waals surface area (Å²) < 4.78 is 49.2. The summed E-state index contributed by atoms with van der Waals surface area (Å²) in [5.74, 6) is 7.66. The summed E-state index contributed by atoms with van der Waals surface area (Å²) >= 11 is 1.40. The average molecular weight is 476 g/mol. The van der Waals surface area contributed by atoms with Gasteiger partial charge in [0.1, 0.15) is 11.6 Å². The van der Waals surface area contributed by atoms with Crippen molar-refractivity contribution in [3.8, 4) is 28.5 Å². The molecule has 0 radical (unpaired) electrons. The molecule has 0 amide bonds. The zero-order valence-electron chi connectivity index (χ0n) is 17.4. The summed E-state index contributed by atoms with van der Waals surface area (Å²) in [7, 11) is 0. The molecule has 0 aliphatic carbocycles. The third-order valence-corrected chi connectivity index (χ3v) is 5.70. The van der Waals surface area contributed by atoms with E-state index in [0.29, 0.717) is 58.0 Å². The Balaban J connectivity index is 1.30. The highest BCUT2D eigenvalue weighted by molar-refractivity contribution is 7.99. The van der Waals surface area contributed by atoms with E-state index in [0.717, 1.165) is 0 Å². The molecular formula is C21H19F3N6O2S. The molecular weight excluding hydrogens is 457 g/mol. The molecule has 0 aliphatic heterocycles. The first-order valence-electron chi connectivity index (χ1n) is 9.88. The molecule has 0 aliphatic rings. The van der Waals surface area contributed by atoms with Crippen LogP contribution in [0.1, 0.15) is 17.9 Å². The number of halogens is 3. The van der Waals surface area contributed by atoms with Crippen molar-refractivity contribution in [3.63, 3.8) is 0 Å². The summed E-state index contributed by atoms with van der Waals surface area (Å²) in [5, 5.41) is 12.6. The first-order valence-corrected chi connectivity index (χ1v) is 10.9. The number of aromatic nitrogens is 5. The van der Waals surface area contributed by atoms with Crippen molar-refractivity contribution < 1.29 is 22.4 Å². The molecule has 0 atom stereocenters. The molecule has 2 heterocycles. The summed E-state index contributed by atoms with van der Waals surface area (Å²) in [4.78, 5) is 4.31. The lowest BCUT2D eigenvalue weighted by Gasteiger charge is -2.06. The SMILES string of the molecule is Cc1ccc(-c2noc(CCCSc3nnc(-c4ccc(OC(F)F)cc4)n3N)n2)cc1F. The lowest BCUT2D eigenvalue weighted by atomic mass is 10.1. The van der Waals surface area contributed by atoms with Crippen LogP contribution in [0.25, 0.3) is 22.8 Å². The second-order valence-corrected chi connectivity index (χ2v) is 8.07. The van der Waals surface area contributed by atoms with E-state index in [1.807, 2.05) is 0 Å². The van der Waals surface area contributed by atoms with Gasteiger partial charge < -0.3 is 15.1 Å². The third kappa shape index (κ3) is 5.45. The van der Waals surface area contributed by atoms with E-state index in [1.54, 1.807) is 31.2 Å². The summed E-state index contributed by atoms with van der Waals surface area (Å²) in [6, 6.07) is 10.8. The molecule has 33 heavy (non-hydrogen) atoms. The van der Waals surface area contributed by atoms with Crippen LogP contribution in [0.4, 0.5) is 13.2 Å². The van der Waals surface area contributed by atoms with E-state index in [9.17, 15) is 13.2 Å². The van der Waals surface area contributed by atoms with Gasteiger partial charge in [-0.2, -0.15) is 13.8 Å². The maximum atomic E-state index is 13.7. The zero-order chi connectivity index (χ0) is 23.4. The largest absolute Gasteiger partial charge is 0.435 e. The molecule has 2 N–H and O–H groups in total. The Bertz CT molecular complexity index is 1230. The normalized spacial score (nSPS) is 11.3. The van der Waals surface area contributed by atoms with Crippen LogP contribution in [-0.4, -0.2) is 37.4 Å². The highest BCUT2D eigenvalue weighted by Gasteiger charge is 2.14. The molecule has 0 spiro atoms.